The van der Waals surface area contributed by atoms with Crippen molar-refractivity contribution in [3.63, 3.8) is 0 Å². The number of thiazole rings is 1. The van der Waals surface area contributed by atoms with Crippen LogP contribution >= 0.6 is 22.9 Å². The van der Waals surface area contributed by atoms with E-state index in [4.69, 9.17) is 35.9 Å². The van der Waals surface area contributed by atoms with E-state index in [0.717, 1.165) is 15.0 Å². The van der Waals surface area contributed by atoms with Gasteiger partial charge < -0.3 is 24.4 Å². The van der Waals surface area contributed by atoms with Crippen molar-refractivity contribution >= 4 is 55.8 Å². The highest BCUT2D eigenvalue weighted by molar-refractivity contribution is 7.22. The monoisotopic (exact) mass is 611 g/mol. The van der Waals surface area contributed by atoms with Crippen LogP contribution in [0.15, 0.2) is 42.9 Å². The Bertz CT molecular complexity index is 1840. The average Bonchev–Trinajstić information content (AvgIpc) is 3.55. The van der Waals surface area contributed by atoms with Crippen molar-refractivity contribution in [3.05, 3.63) is 59.3 Å². The Labute approximate surface area is 247 Å². The summed E-state index contributed by atoms with van der Waals surface area (Å²) in [6.45, 7) is 1.38. The number of pyridine rings is 1. The van der Waals surface area contributed by atoms with Crippen molar-refractivity contribution in [1.82, 2.24) is 19.9 Å². The Balaban J connectivity index is 1.34. The van der Waals surface area contributed by atoms with Crippen molar-refractivity contribution in [1.29, 1.82) is 0 Å². The largest absolute Gasteiger partial charge is 0.495 e. The Morgan fingerprint density at radius 2 is 2.00 bits per heavy atom. The Hall–Kier alpha value is -4.33. The first-order valence-corrected chi connectivity index (χ1v) is 13.9. The zero-order valence-electron chi connectivity index (χ0n) is 22.3. The van der Waals surface area contributed by atoms with Crippen molar-refractivity contribution in [2.45, 2.75) is 18.9 Å². The normalized spacial score (nSPS) is 15.9. The van der Waals surface area contributed by atoms with Gasteiger partial charge >= 0.3 is 12.1 Å². The number of nitrogens with zero attached hydrogens (tertiary/aromatic N) is 5. The summed E-state index contributed by atoms with van der Waals surface area (Å²) in [6.07, 6.45) is 3.18. The molecule has 4 heterocycles. The number of aliphatic hydroxyl groups is 1. The molecule has 0 radical (unpaired) electrons. The van der Waals surface area contributed by atoms with Gasteiger partial charge in [-0.05, 0) is 25.1 Å². The minimum atomic E-state index is -1.26. The number of hydrogen-bond acceptors (Lipinski definition) is 10. The van der Waals surface area contributed by atoms with E-state index >= 15 is 4.39 Å². The predicted molar refractivity (Wildman–Crippen MR) is 155 cm³/mol. The van der Waals surface area contributed by atoms with E-state index in [2.05, 4.69) is 15.0 Å². The third-order valence-corrected chi connectivity index (χ3v) is 8.12. The van der Waals surface area contributed by atoms with E-state index in [9.17, 15) is 9.90 Å². The maximum atomic E-state index is 15.4. The van der Waals surface area contributed by atoms with Crippen LogP contribution in [0.3, 0.4) is 0 Å². The molecule has 1 amide bonds. The molecule has 0 fully saturated rings. The molecular formula is C28H23ClFN5O6S. The number of carbonyl (C=O) groups is 1. The van der Waals surface area contributed by atoms with Gasteiger partial charge in [-0.25, -0.2) is 24.1 Å². The standard InChI is InChI=1S/C28H23ClFN5O6S/c1-28(13-35(27(37)38)16-10-32-26(33-11-16)40-4-3-36)9-19-23(41-28)20(30)8-21-24(19)42-25(34-21)18-7-15(29)5-14-6-17(39-2)12-31-22(14)18/h5-8,10-12,36H,3-4,9,13H2,1-2H3,(H,37,38)/t28-/m1/s1. The molecule has 2 aromatic carbocycles. The van der Waals surface area contributed by atoms with Crippen molar-refractivity contribution in [2.75, 3.05) is 31.8 Å². The van der Waals surface area contributed by atoms with Crippen LogP contribution in [0.4, 0.5) is 14.9 Å². The Kier molecular flexibility index (Phi) is 7.17. The number of halogens is 2. The van der Waals surface area contributed by atoms with Crippen LogP contribution in [0.5, 0.6) is 17.5 Å². The predicted octanol–water partition coefficient (Wildman–Crippen LogP) is 5.35. The number of carboxylic acid groups (broad SMARTS) is 1. The maximum absolute atomic E-state index is 15.4. The molecule has 5 aromatic rings. The maximum Gasteiger partial charge on any atom is 0.412 e. The van der Waals surface area contributed by atoms with E-state index in [-0.39, 0.29) is 43.6 Å². The van der Waals surface area contributed by atoms with Gasteiger partial charge in [-0.15, -0.1) is 11.3 Å². The summed E-state index contributed by atoms with van der Waals surface area (Å²) in [6, 6.07) is 6.70. The topological polar surface area (TPSA) is 140 Å². The quantitative estimate of drug-likeness (QED) is 0.236. The van der Waals surface area contributed by atoms with Crippen molar-refractivity contribution in [2.24, 2.45) is 0 Å². The SMILES string of the molecule is COc1cnc2c(-c3nc4cc(F)c5c(c4s3)C[C@](C)(CN(C(=O)O)c3cnc(OCCO)nc3)O5)cc(Cl)cc2c1. The second kappa shape index (κ2) is 10.8. The van der Waals surface area contributed by atoms with E-state index in [1.165, 1.54) is 29.8 Å². The molecule has 0 saturated carbocycles. The molecule has 1 aliphatic heterocycles. The summed E-state index contributed by atoms with van der Waals surface area (Å²) in [5.74, 6) is 0.0603. The highest BCUT2D eigenvalue weighted by Crippen LogP contribution is 2.46. The number of aliphatic hydroxyl groups excluding tert-OH is 1. The first kappa shape index (κ1) is 27.8. The number of ether oxygens (including phenoxy) is 3. The second-order valence-corrected chi connectivity index (χ2v) is 11.3. The van der Waals surface area contributed by atoms with Crippen LogP contribution in [0.25, 0.3) is 31.7 Å². The molecule has 0 spiro atoms. The summed E-state index contributed by atoms with van der Waals surface area (Å²) >= 11 is 7.79. The number of aromatic nitrogens is 4. The molecule has 14 heteroatoms. The van der Waals surface area contributed by atoms with Crippen LogP contribution in [0.1, 0.15) is 12.5 Å². The molecular weight excluding hydrogens is 589 g/mol. The first-order chi connectivity index (χ1) is 20.2. The van der Waals surface area contributed by atoms with Gasteiger partial charge in [0.15, 0.2) is 11.6 Å². The third-order valence-electron chi connectivity index (χ3n) is 6.74. The summed E-state index contributed by atoms with van der Waals surface area (Å²) in [5, 5.41) is 20.7. The zero-order chi connectivity index (χ0) is 29.6. The number of methoxy groups -OCH3 is 1. The average molecular weight is 612 g/mol. The number of anilines is 1. The molecule has 6 rings (SSSR count). The van der Waals surface area contributed by atoms with Gasteiger partial charge in [-0.3, -0.25) is 9.88 Å². The lowest BCUT2D eigenvalue weighted by atomic mass is 9.98. The van der Waals surface area contributed by atoms with Crippen molar-refractivity contribution < 1.29 is 33.6 Å². The van der Waals surface area contributed by atoms with Gasteiger partial charge in [0.1, 0.15) is 23.0 Å². The molecule has 3 aromatic heterocycles. The molecule has 0 unspecified atom stereocenters. The van der Waals surface area contributed by atoms with Gasteiger partial charge in [-0.2, -0.15) is 0 Å². The number of rotatable bonds is 8. The molecule has 0 bridgehead atoms. The molecule has 0 saturated heterocycles. The van der Waals surface area contributed by atoms with Crippen LogP contribution in [0, 0.1) is 5.82 Å². The zero-order valence-corrected chi connectivity index (χ0v) is 23.9. The lowest BCUT2D eigenvalue weighted by Crippen LogP contribution is -2.46. The highest BCUT2D eigenvalue weighted by atomic mass is 35.5. The van der Waals surface area contributed by atoms with Gasteiger partial charge in [0.25, 0.3) is 0 Å². The summed E-state index contributed by atoms with van der Waals surface area (Å²) in [5.41, 5.74) is 1.49. The Morgan fingerprint density at radius 1 is 1.21 bits per heavy atom. The van der Waals surface area contributed by atoms with Crippen LogP contribution in [-0.4, -0.2) is 68.7 Å². The molecule has 0 aliphatic carbocycles. The smallest absolute Gasteiger partial charge is 0.412 e. The van der Waals surface area contributed by atoms with Crippen LogP contribution in [0.2, 0.25) is 5.02 Å². The van der Waals surface area contributed by atoms with E-state index in [1.807, 2.05) is 6.07 Å². The molecule has 42 heavy (non-hydrogen) atoms. The fourth-order valence-corrected chi connectivity index (χ4v) is 6.27. The van der Waals surface area contributed by atoms with Gasteiger partial charge in [-0.1, -0.05) is 11.6 Å². The minimum absolute atomic E-state index is 0.00107. The molecule has 2 N–H and O–H groups in total. The number of amides is 1. The first-order valence-electron chi connectivity index (χ1n) is 12.7. The van der Waals surface area contributed by atoms with E-state index in [0.29, 0.717) is 37.9 Å². The van der Waals surface area contributed by atoms with E-state index < -0.39 is 17.5 Å². The lowest BCUT2D eigenvalue weighted by molar-refractivity contribution is 0.115. The molecule has 11 nitrogen and oxygen atoms in total. The fraction of sp³-hybridized carbons (Fsp3) is 0.250. The van der Waals surface area contributed by atoms with Crippen LogP contribution < -0.4 is 19.1 Å². The van der Waals surface area contributed by atoms with Gasteiger partial charge in [0.2, 0.25) is 0 Å². The molecule has 1 atom stereocenters. The number of benzene rings is 2. The summed E-state index contributed by atoms with van der Waals surface area (Å²) in [7, 11) is 1.56. The van der Waals surface area contributed by atoms with E-state index in [1.54, 1.807) is 32.4 Å². The third kappa shape index (κ3) is 5.10. The minimum Gasteiger partial charge on any atom is -0.495 e. The number of hydrogen-bond donors (Lipinski definition) is 2. The van der Waals surface area contributed by atoms with Crippen LogP contribution in [-0.2, 0) is 6.42 Å². The van der Waals surface area contributed by atoms with Crippen molar-refractivity contribution in [3.8, 4) is 28.1 Å². The summed E-state index contributed by atoms with van der Waals surface area (Å²) < 4.78 is 32.6. The van der Waals surface area contributed by atoms with Gasteiger partial charge in [0.05, 0.1) is 60.3 Å². The fourth-order valence-electron chi connectivity index (χ4n) is 4.94. The second-order valence-electron chi connectivity index (χ2n) is 9.83. The molecule has 1 aliphatic rings. The molecule has 216 valence electrons. The number of fused-ring (bicyclic) bond motifs is 4. The van der Waals surface area contributed by atoms with Gasteiger partial charge in [0, 0.05) is 34.0 Å². The highest BCUT2D eigenvalue weighted by Gasteiger charge is 2.41. The Morgan fingerprint density at radius 3 is 2.71 bits per heavy atom. The lowest BCUT2D eigenvalue weighted by Gasteiger charge is -2.30. The summed E-state index contributed by atoms with van der Waals surface area (Å²) in [4.78, 5) is 30.5.